The van der Waals surface area contributed by atoms with Crippen molar-refractivity contribution in [2.45, 2.75) is 25.8 Å². The Bertz CT molecular complexity index is 976. The van der Waals surface area contributed by atoms with Crippen molar-refractivity contribution in [1.29, 1.82) is 0 Å². The van der Waals surface area contributed by atoms with Crippen molar-refractivity contribution < 1.29 is 4.79 Å². The predicted molar refractivity (Wildman–Crippen MR) is 111 cm³/mol. The Balaban J connectivity index is 1.65. The summed E-state index contributed by atoms with van der Waals surface area (Å²) < 4.78 is 0. The molecule has 0 radical (unpaired) electrons. The van der Waals surface area contributed by atoms with E-state index in [4.69, 9.17) is 11.6 Å². The molecule has 1 amide bonds. The van der Waals surface area contributed by atoms with Gasteiger partial charge in [0.15, 0.2) is 0 Å². The number of aromatic nitrogens is 2. The number of benzene rings is 1. The molecule has 1 N–H and O–H groups in total. The number of halogens is 1. The number of pyridine rings is 2. The molecule has 3 heterocycles. The number of likely N-dealkylation sites (tertiary alicyclic amines) is 1. The van der Waals surface area contributed by atoms with Crippen LogP contribution in [-0.4, -0.2) is 27.3 Å². The van der Waals surface area contributed by atoms with Gasteiger partial charge in [0.2, 0.25) is 0 Å². The summed E-state index contributed by atoms with van der Waals surface area (Å²) in [6, 6.07) is 15.7. The first-order valence-electron chi connectivity index (χ1n) is 9.33. The van der Waals surface area contributed by atoms with Gasteiger partial charge in [-0.05, 0) is 43.5 Å². The summed E-state index contributed by atoms with van der Waals surface area (Å²) in [5.41, 5.74) is 3.32. The van der Waals surface area contributed by atoms with Crippen LogP contribution in [0.1, 0.15) is 40.5 Å². The standard InChI is InChI=1S/C22H21ClN4O/c1-15-9-10-18(14-24-15)26-21-19(12-17(23)13-25-21)22(28)27-11-5-8-20(27)16-6-3-2-4-7-16/h2-4,6-7,9-10,12-14,20H,5,8,11H2,1H3,(H,25,26). The number of carbonyl (C=O) groups excluding carboxylic acids is 1. The van der Waals surface area contributed by atoms with Gasteiger partial charge in [0.1, 0.15) is 5.82 Å². The molecule has 0 saturated carbocycles. The second-order valence-corrected chi connectivity index (χ2v) is 7.37. The lowest BCUT2D eigenvalue weighted by molar-refractivity contribution is 0.0736. The van der Waals surface area contributed by atoms with Gasteiger partial charge in [0.05, 0.1) is 28.5 Å². The molecule has 1 saturated heterocycles. The van der Waals surface area contributed by atoms with Crippen LogP contribution in [0.2, 0.25) is 5.02 Å². The molecule has 4 rings (SSSR count). The average Bonchev–Trinajstić information content (AvgIpc) is 3.21. The maximum Gasteiger partial charge on any atom is 0.258 e. The van der Waals surface area contributed by atoms with Crippen molar-refractivity contribution in [3.63, 3.8) is 0 Å². The van der Waals surface area contributed by atoms with Crippen molar-refractivity contribution >= 4 is 29.0 Å². The fourth-order valence-electron chi connectivity index (χ4n) is 3.57. The van der Waals surface area contributed by atoms with Crippen LogP contribution in [0.5, 0.6) is 0 Å². The molecule has 5 nitrogen and oxygen atoms in total. The minimum absolute atomic E-state index is 0.0658. The summed E-state index contributed by atoms with van der Waals surface area (Å²) in [5.74, 6) is 0.419. The molecule has 0 spiro atoms. The highest BCUT2D eigenvalue weighted by Gasteiger charge is 2.32. The van der Waals surface area contributed by atoms with E-state index >= 15 is 0 Å². The van der Waals surface area contributed by atoms with Gasteiger partial charge in [0, 0.05) is 18.4 Å². The molecule has 142 valence electrons. The fraction of sp³-hybridized carbons (Fsp3) is 0.227. The van der Waals surface area contributed by atoms with E-state index in [1.807, 2.05) is 42.2 Å². The third kappa shape index (κ3) is 3.85. The predicted octanol–water partition coefficient (Wildman–Crippen LogP) is 5.16. The number of amides is 1. The van der Waals surface area contributed by atoms with Crippen molar-refractivity contribution in [3.8, 4) is 0 Å². The Kier molecular flexibility index (Phi) is 5.26. The Morgan fingerprint density at radius 2 is 1.96 bits per heavy atom. The highest BCUT2D eigenvalue weighted by molar-refractivity contribution is 6.31. The van der Waals surface area contributed by atoms with E-state index in [2.05, 4.69) is 27.4 Å². The number of carbonyl (C=O) groups is 1. The Morgan fingerprint density at radius 3 is 2.71 bits per heavy atom. The van der Waals surface area contributed by atoms with Crippen LogP contribution in [0, 0.1) is 6.92 Å². The van der Waals surface area contributed by atoms with Gasteiger partial charge < -0.3 is 10.2 Å². The first-order valence-corrected chi connectivity index (χ1v) is 9.71. The molecule has 1 fully saturated rings. The zero-order valence-corrected chi connectivity index (χ0v) is 16.4. The van der Waals surface area contributed by atoms with Crippen molar-refractivity contribution in [2.75, 3.05) is 11.9 Å². The normalized spacial score (nSPS) is 16.2. The number of rotatable bonds is 4. The second kappa shape index (κ2) is 7.98. The van der Waals surface area contributed by atoms with Crippen LogP contribution in [0.15, 0.2) is 60.9 Å². The van der Waals surface area contributed by atoms with Gasteiger partial charge in [-0.25, -0.2) is 4.98 Å². The minimum Gasteiger partial charge on any atom is -0.338 e. The first kappa shape index (κ1) is 18.4. The van der Waals surface area contributed by atoms with E-state index in [1.165, 1.54) is 0 Å². The SMILES string of the molecule is Cc1ccc(Nc2ncc(Cl)cc2C(=O)N2CCCC2c2ccccc2)cn1. The molecule has 0 bridgehead atoms. The number of hydrogen-bond acceptors (Lipinski definition) is 4. The minimum atomic E-state index is -0.0658. The molecule has 1 unspecified atom stereocenters. The zero-order chi connectivity index (χ0) is 19.5. The van der Waals surface area contributed by atoms with Gasteiger partial charge >= 0.3 is 0 Å². The summed E-state index contributed by atoms with van der Waals surface area (Å²) in [6.45, 7) is 2.65. The van der Waals surface area contributed by atoms with Gasteiger partial charge in [-0.15, -0.1) is 0 Å². The number of anilines is 2. The van der Waals surface area contributed by atoms with Crippen molar-refractivity contribution in [1.82, 2.24) is 14.9 Å². The van der Waals surface area contributed by atoms with Gasteiger partial charge in [-0.3, -0.25) is 9.78 Å². The lowest BCUT2D eigenvalue weighted by Crippen LogP contribution is -2.31. The smallest absolute Gasteiger partial charge is 0.258 e. The maximum atomic E-state index is 13.4. The van der Waals surface area contributed by atoms with Crippen LogP contribution in [0.25, 0.3) is 0 Å². The third-order valence-electron chi connectivity index (χ3n) is 4.96. The van der Waals surface area contributed by atoms with Gasteiger partial charge in [-0.2, -0.15) is 0 Å². The molecule has 1 aromatic carbocycles. The summed E-state index contributed by atoms with van der Waals surface area (Å²) in [4.78, 5) is 24.0. The highest BCUT2D eigenvalue weighted by atomic mass is 35.5. The van der Waals surface area contributed by atoms with Gasteiger partial charge in [-0.1, -0.05) is 41.9 Å². The van der Waals surface area contributed by atoms with Crippen LogP contribution >= 0.6 is 11.6 Å². The average molecular weight is 393 g/mol. The molecule has 28 heavy (non-hydrogen) atoms. The second-order valence-electron chi connectivity index (χ2n) is 6.93. The third-order valence-corrected chi connectivity index (χ3v) is 5.16. The van der Waals surface area contributed by atoms with E-state index in [0.29, 0.717) is 16.4 Å². The van der Waals surface area contributed by atoms with Crippen LogP contribution in [-0.2, 0) is 0 Å². The molecule has 3 aromatic rings. The van der Waals surface area contributed by atoms with E-state index < -0.39 is 0 Å². The molecule has 6 heteroatoms. The number of aryl methyl sites for hydroxylation is 1. The summed E-state index contributed by atoms with van der Waals surface area (Å²) in [7, 11) is 0. The van der Waals surface area contributed by atoms with Gasteiger partial charge in [0.25, 0.3) is 5.91 Å². The number of hydrogen-bond donors (Lipinski definition) is 1. The fourth-order valence-corrected chi connectivity index (χ4v) is 3.72. The number of nitrogens with one attached hydrogen (secondary N) is 1. The summed E-state index contributed by atoms with van der Waals surface area (Å²) in [6.07, 6.45) is 5.20. The molecule has 1 aliphatic heterocycles. The molecule has 2 aromatic heterocycles. The molecular formula is C22H21ClN4O. The largest absolute Gasteiger partial charge is 0.338 e. The monoisotopic (exact) mass is 392 g/mol. The maximum absolute atomic E-state index is 13.4. The Morgan fingerprint density at radius 1 is 1.14 bits per heavy atom. The van der Waals surface area contributed by atoms with E-state index in [1.54, 1.807) is 18.5 Å². The summed E-state index contributed by atoms with van der Waals surface area (Å²) >= 11 is 6.17. The Labute approximate surface area is 169 Å². The summed E-state index contributed by atoms with van der Waals surface area (Å²) in [5, 5.41) is 3.64. The van der Waals surface area contributed by atoms with E-state index in [9.17, 15) is 4.79 Å². The van der Waals surface area contributed by atoms with Crippen molar-refractivity contribution in [3.05, 3.63) is 82.8 Å². The first-order chi connectivity index (χ1) is 13.6. The topological polar surface area (TPSA) is 58.1 Å². The quantitative estimate of drug-likeness (QED) is 0.666. The lowest BCUT2D eigenvalue weighted by Gasteiger charge is -2.26. The van der Waals surface area contributed by atoms with Crippen molar-refractivity contribution in [2.24, 2.45) is 0 Å². The van der Waals surface area contributed by atoms with Crippen LogP contribution in [0.3, 0.4) is 0 Å². The number of nitrogens with zero attached hydrogens (tertiary/aromatic N) is 3. The Hall–Kier alpha value is -2.92. The van der Waals surface area contributed by atoms with E-state index in [0.717, 1.165) is 36.3 Å². The molecule has 0 aliphatic carbocycles. The highest BCUT2D eigenvalue weighted by Crippen LogP contribution is 2.34. The molecular weight excluding hydrogens is 372 g/mol. The van der Waals surface area contributed by atoms with Crippen LogP contribution in [0.4, 0.5) is 11.5 Å². The zero-order valence-electron chi connectivity index (χ0n) is 15.6. The van der Waals surface area contributed by atoms with E-state index in [-0.39, 0.29) is 11.9 Å². The lowest BCUT2D eigenvalue weighted by atomic mass is 10.0. The van der Waals surface area contributed by atoms with Crippen LogP contribution < -0.4 is 5.32 Å². The molecule has 1 atom stereocenters. The molecule has 1 aliphatic rings.